The van der Waals surface area contributed by atoms with Crippen LogP contribution in [0.15, 0.2) is 63.9 Å². The number of benzene rings is 2. The number of hydrogen-bond acceptors (Lipinski definition) is 5. The minimum Gasteiger partial charge on any atom is -0.361 e. The molecule has 0 unspecified atom stereocenters. The molecule has 0 saturated heterocycles. The fourth-order valence-electron chi connectivity index (χ4n) is 3.30. The molecule has 0 bridgehead atoms. The van der Waals surface area contributed by atoms with Crippen LogP contribution in [0.1, 0.15) is 0 Å². The Bertz CT molecular complexity index is 1450. The van der Waals surface area contributed by atoms with Gasteiger partial charge >= 0.3 is 0 Å². The van der Waals surface area contributed by atoms with Crippen LogP contribution in [0.3, 0.4) is 0 Å². The number of pyridine rings is 1. The smallest absolute Gasteiger partial charge is 0.261 e. The van der Waals surface area contributed by atoms with E-state index in [9.17, 15) is 4.79 Å². The first kappa shape index (κ1) is 16.9. The van der Waals surface area contributed by atoms with E-state index in [1.807, 2.05) is 42.5 Å². The van der Waals surface area contributed by atoms with Crippen molar-refractivity contribution < 1.29 is 4.52 Å². The number of fused-ring (bicyclic) bond motifs is 2. The highest BCUT2D eigenvalue weighted by Gasteiger charge is 2.21. The van der Waals surface area contributed by atoms with Crippen molar-refractivity contribution in [3.05, 3.63) is 74.7 Å². The lowest BCUT2D eigenvalue weighted by atomic mass is 9.97. The van der Waals surface area contributed by atoms with Gasteiger partial charge in [0.15, 0.2) is 5.65 Å². The summed E-state index contributed by atoms with van der Waals surface area (Å²) in [5.41, 5.74) is 3.29. The Morgan fingerprint density at radius 3 is 2.43 bits per heavy atom. The summed E-state index contributed by atoms with van der Waals surface area (Å²) in [7, 11) is 0. The average Bonchev–Trinajstić information content (AvgIpc) is 3.11. The highest BCUT2D eigenvalue weighted by Crippen LogP contribution is 2.38. The van der Waals surface area contributed by atoms with E-state index in [4.69, 9.17) is 28.3 Å². The van der Waals surface area contributed by atoms with Gasteiger partial charge in [0.25, 0.3) is 11.3 Å². The van der Waals surface area contributed by atoms with Crippen LogP contribution in [0.2, 0.25) is 5.02 Å². The topological polar surface area (TPSA) is 87.6 Å². The molecule has 0 amide bonds. The van der Waals surface area contributed by atoms with Gasteiger partial charge in [0, 0.05) is 16.1 Å². The van der Waals surface area contributed by atoms with E-state index in [-0.39, 0.29) is 16.0 Å². The van der Waals surface area contributed by atoms with Crippen LogP contribution in [-0.2, 0) is 0 Å². The molecular weight excluding hydrogens is 396 g/mol. The number of nitrogens with zero attached hydrogens (tertiary/aromatic N) is 2. The Labute approximate surface area is 167 Å². The molecule has 0 radical (unpaired) electrons. The van der Waals surface area contributed by atoms with Gasteiger partial charge in [-0.3, -0.25) is 9.78 Å². The van der Waals surface area contributed by atoms with Crippen molar-refractivity contribution >= 4 is 46.0 Å². The van der Waals surface area contributed by atoms with Crippen LogP contribution in [0.4, 0.5) is 0 Å². The molecule has 0 spiro atoms. The molecule has 0 aliphatic rings. The molecule has 5 aromatic rings. The van der Waals surface area contributed by atoms with Crippen LogP contribution >= 0.6 is 23.8 Å². The summed E-state index contributed by atoms with van der Waals surface area (Å²) in [4.78, 5) is 24.0. The van der Waals surface area contributed by atoms with E-state index in [2.05, 4.69) is 20.1 Å². The van der Waals surface area contributed by atoms with Gasteiger partial charge < -0.3 is 4.52 Å². The normalized spacial score (nSPS) is 11.3. The van der Waals surface area contributed by atoms with Crippen molar-refractivity contribution in [1.82, 2.24) is 20.1 Å². The quantitative estimate of drug-likeness (QED) is 0.398. The summed E-state index contributed by atoms with van der Waals surface area (Å²) >= 11 is 11.1. The first-order chi connectivity index (χ1) is 13.6. The lowest BCUT2D eigenvalue weighted by Crippen LogP contribution is -2.10. The predicted molar refractivity (Wildman–Crippen MR) is 111 cm³/mol. The van der Waals surface area contributed by atoms with Gasteiger partial charge in [0.05, 0.1) is 16.5 Å². The van der Waals surface area contributed by atoms with E-state index < -0.39 is 0 Å². The second-order valence-corrected chi connectivity index (χ2v) is 7.01. The zero-order valence-electron chi connectivity index (χ0n) is 14.2. The fourth-order valence-corrected chi connectivity index (χ4v) is 3.61. The molecule has 6 nitrogen and oxygen atoms in total. The minimum atomic E-state index is -0.352. The van der Waals surface area contributed by atoms with Gasteiger partial charge in [0.1, 0.15) is 0 Å². The van der Waals surface area contributed by atoms with Crippen LogP contribution in [-0.4, -0.2) is 20.1 Å². The monoisotopic (exact) mass is 406 g/mol. The summed E-state index contributed by atoms with van der Waals surface area (Å²) in [6.07, 6.45) is 0. The molecule has 2 N–H and O–H groups in total. The Balaban J connectivity index is 2.01. The number of aromatic amines is 2. The minimum absolute atomic E-state index is 0.0743. The van der Waals surface area contributed by atoms with Gasteiger partial charge in [-0.05, 0) is 29.9 Å². The summed E-state index contributed by atoms with van der Waals surface area (Å²) in [5, 5.41) is 4.56. The molecule has 0 saturated carbocycles. The van der Waals surface area contributed by atoms with E-state index in [1.165, 1.54) is 0 Å². The van der Waals surface area contributed by atoms with E-state index >= 15 is 0 Å². The predicted octanol–water partition coefficient (Wildman–Crippen LogP) is 5.11. The Morgan fingerprint density at radius 1 is 0.929 bits per heavy atom. The summed E-state index contributed by atoms with van der Waals surface area (Å²) in [6.45, 7) is 0. The molecule has 3 heterocycles. The number of nitrogens with one attached hydrogen (secondary N) is 2. The highest BCUT2D eigenvalue weighted by atomic mass is 35.5. The summed E-state index contributed by atoms with van der Waals surface area (Å²) < 4.78 is 5.70. The van der Waals surface area contributed by atoms with Gasteiger partial charge in [-0.2, -0.15) is 9.97 Å². The molecule has 28 heavy (non-hydrogen) atoms. The van der Waals surface area contributed by atoms with Gasteiger partial charge in [-0.25, -0.2) is 5.16 Å². The molecular formula is C20H11ClN4O2S. The van der Waals surface area contributed by atoms with Crippen molar-refractivity contribution in [3.63, 3.8) is 0 Å². The van der Waals surface area contributed by atoms with Crippen molar-refractivity contribution in [1.29, 1.82) is 0 Å². The SMILES string of the molecule is O=c1[nH]c(=S)nc2nc3o[nH]c(-c4ccccc4)c3c(-c3ccc(Cl)cc3)c12. The number of hydrogen-bond donors (Lipinski definition) is 2. The standard InChI is InChI=1S/C20H11ClN4O2S/c21-12-8-6-10(7-9-12)13-14-16(11-4-2-1-3-5-11)25-27-19(14)22-17-15(13)18(26)24-20(28)23-17/h1-9,25H,(H,24,26,28). The first-order valence-corrected chi connectivity index (χ1v) is 9.17. The highest BCUT2D eigenvalue weighted by molar-refractivity contribution is 7.71. The van der Waals surface area contributed by atoms with Gasteiger partial charge in [-0.1, -0.05) is 54.1 Å². The lowest BCUT2D eigenvalue weighted by Gasteiger charge is -2.08. The third-order valence-corrected chi connectivity index (χ3v) is 4.94. The van der Waals surface area contributed by atoms with Crippen LogP contribution in [0.5, 0.6) is 0 Å². The van der Waals surface area contributed by atoms with Crippen LogP contribution in [0, 0.1) is 4.77 Å². The second-order valence-electron chi connectivity index (χ2n) is 6.19. The third-order valence-electron chi connectivity index (χ3n) is 4.50. The molecule has 3 aromatic heterocycles. The number of H-pyrrole nitrogens is 2. The Morgan fingerprint density at radius 2 is 1.68 bits per heavy atom. The summed E-state index contributed by atoms with van der Waals surface area (Å²) in [5.74, 6) is 0. The molecule has 2 aromatic carbocycles. The first-order valence-electron chi connectivity index (χ1n) is 8.38. The van der Waals surface area contributed by atoms with Gasteiger partial charge in [0.2, 0.25) is 4.77 Å². The molecule has 8 heteroatoms. The third kappa shape index (κ3) is 2.64. The van der Waals surface area contributed by atoms with Gasteiger partial charge in [-0.15, -0.1) is 0 Å². The maximum Gasteiger partial charge on any atom is 0.261 e. The molecule has 5 rings (SSSR count). The Kier molecular flexibility index (Phi) is 3.85. The van der Waals surface area contributed by atoms with E-state index in [0.717, 1.165) is 16.8 Å². The van der Waals surface area contributed by atoms with Crippen molar-refractivity contribution in [2.75, 3.05) is 0 Å². The molecule has 136 valence electrons. The number of aromatic nitrogens is 4. The summed E-state index contributed by atoms with van der Waals surface area (Å²) in [6, 6.07) is 16.9. The zero-order valence-corrected chi connectivity index (χ0v) is 15.8. The molecule has 0 aliphatic heterocycles. The maximum absolute atomic E-state index is 12.8. The Hall–Kier alpha value is -3.29. The second kappa shape index (κ2) is 6.40. The number of rotatable bonds is 2. The largest absolute Gasteiger partial charge is 0.361 e. The number of halogens is 1. The van der Waals surface area contributed by atoms with E-state index in [1.54, 1.807) is 12.1 Å². The average molecular weight is 407 g/mol. The van der Waals surface area contributed by atoms with E-state index in [0.29, 0.717) is 27.1 Å². The molecule has 0 atom stereocenters. The maximum atomic E-state index is 12.8. The van der Waals surface area contributed by atoms with Crippen LogP contribution in [0.25, 0.3) is 44.5 Å². The molecule has 0 fully saturated rings. The lowest BCUT2D eigenvalue weighted by molar-refractivity contribution is 0.452. The van der Waals surface area contributed by atoms with Crippen molar-refractivity contribution in [2.24, 2.45) is 0 Å². The fraction of sp³-hybridized carbons (Fsp3) is 0. The zero-order chi connectivity index (χ0) is 19.3. The molecule has 0 aliphatic carbocycles. The van der Waals surface area contributed by atoms with Crippen molar-refractivity contribution in [2.45, 2.75) is 0 Å². The van der Waals surface area contributed by atoms with Crippen LogP contribution < -0.4 is 5.56 Å². The van der Waals surface area contributed by atoms with Crippen molar-refractivity contribution in [3.8, 4) is 22.4 Å².